The molecule has 0 aliphatic carbocycles. The van der Waals surface area contributed by atoms with E-state index in [2.05, 4.69) is 18.7 Å². The molecule has 6 heteroatoms. The molecule has 0 aromatic carbocycles. The van der Waals surface area contributed by atoms with E-state index in [1.807, 2.05) is 27.7 Å². The molecule has 4 saturated heterocycles. The normalized spacial score (nSPS) is 49.1. The van der Waals surface area contributed by atoms with Gasteiger partial charge in [0.1, 0.15) is 18.3 Å². The number of aliphatic hydroxyl groups is 1. The van der Waals surface area contributed by atoms with Crippen LogP contribution in [0.4, 0.5) is 0 Å². The van der Waals surface area contributed by atoms with Crippen LogP contribution in [0.25, 0.3) is 0 Å². The van der Waals surface area contributed by atoms with E-state index in [9.17, 15) is 5.11 Å². The van der Waals surface area contributed by atoms with Crippen LogP contribution in [0.3, 0.4) is 0 Å². The van der Waals surface area contributed by atoms with E-state index in [0.29, 0.717) is 6.61 Å². The highest BCUT2D eigenvalue weighted by Gasteiger charge is 2.65. The van der Waals surface area contributed by atoms with Gasteiger partial charge in [0.25, 0.3) is 0 Å². The number of hydrogen-bond donors (Lipinski definition) is 1. The molecule has 0 amide bonds. The Bertz CT molecular complexity index is 520. The van der Waals surface area contributed by atoms with Crippen molar-refractivity contribution >= 4 is 0 Å². The Kier molecular flexibility index (Phi) is 3.69. The van der Waals surface area contributed by atoms with Gasteiger partial charge in [-0.3, -0.25) is 4.90 Å². The first-order valence-corrected chi connectivity index (χ1v) is 9.13. The summed E-state index contributed by atoms with van der Waals surface area (Å²) in [7, 11) is 0. The minimum atomic E-state index is -0.596. The van der Waals surface area contributed by atoms with Gasteiger partial charge in [-0.15, -0.1) is 0 Å². The van der Waals surface area contributed by atoms with Crippen LogP contribution >= 0.6 is 0 Å². The van der Waals surface area contributed by atoms with Crippen molar-refractivity contribution in [3.63, 3.8) is 0 Å². The van der Waals surface area contributed by atoms with Gasteiger partial charge in [0, 0.05) is 11.6 Å². The van der Waals surface area contributed by atoms with Gasteiger partial charge in [0.05, 0.1) is 18.8 Å². The van der Waals surface area contributed by atoms with Crippen LogP contribution in [0, 0.1) is 0 Å². The summed E-state index contributed by atoms with van der Waals surface area (Å²) >= 11 is 0. The van der Waals surface area contributed by atoms with Gasteiger partial charge in [-0.1, -0.05) is 0 Å². The molecular formula is C18H31NO5. The molecule has 4 heterocycles. The summed E-state index contributed by atoms with van der Waals surface area (Å²) < 4.78 is 24.6. The fraction of sp³-hybridized carbons (Fsp3) is 1.00. The monoisotopic (exact) mass is 341 g/mol. The summed E-state index contributed by atoms with van der Waals surface area (Å²) in [6.45, 7) is 12.8. The zero-order valence-corrected chi connectivity index (χ0v) is 15.6. The maximum absolute atomic E-state index is 10.4. The van der Waals surface area contributed by atoms with Crippen molar-refractivity contribution in [3.8, 4) is 0 Å². The van der Waals surface area contributed by atoms with Crippen molar-refractivity contribution < 1.29 is 24.1 Å². The highest BCUT2D eigenvalue weighted by molar-refractivity contribution is 5.15. The van der Waals surface area contributed by atoms with Gasteiger partial charge in [-0.25, -0.2) is 0 Å². The fourth-order valence-corrected chi connectivity index (χ4v) is 5.34. The SMILES string of the molecule is CC1(C)O[C@@H]2[C@H](O1)[C@H]1C[C@@H](O)CC(C)(C)N1[C@H]2[C@H]1COC(C)(C)O1. The third-order valence-corrected chi connectivity index (χ3v) is 5.92. The van der Waals surface area contributed by atoms with Gasteiger partial charge >= 0.3 is 0 Å². The number of hydrogen-bond acceptors (Lipinski definition) is 6. The molecule has 4 aliphatic heterocycles. The Labute approximate surface area is 144 Å². The van der Waals surface area contributed by atoms with Crippen molar-refractivity contribution in [2.75, 3.05) is 6.61 Å². The van der Waals surface area contributed by atoms with Crippen LogP contribution < -0.4 is 0 Å². The highest BCUT2D eigenvalue weighted by atomic mass is 16.8. The number of rotatable bonds is 1. The van der Waals surface area contributed by atoms with Crippen molar-refractivity contribution in [2.45, 2.75) is 108 Å². The number of piperidine rings is 1. The molecule has 4 rings (SSSR count). The minimum Gasteiger partial charge on any atom is -0.393 e. The molecule has 0 bridgehead atoms. The smallest absolute Gasteiger partial charge is 0.163 e. The van der Waals surface area contributed by atoms with Crippen LogP contribution in [0.2, 0.25) is 0 Å². The van der Waals surface area contributed by atoms with E-state index in [4.69, 9.17) is 18.9 Å². The molecular weight excluding hydrogens is 310 g/mol. The Morgan fingerprint density at radius 2 is 1.58 bits per heavy atom. The summed E-state index contributed by atoms with van der Waals surface area (Å²) in [5.41, 5.74) is -0.135. The molecule has 0 spiro atoms. The fourth-order valence-electron chi connectivity index (χ4n) is 5.34. The third-order valence-electron chi connectivity index (χ3n) is 5.92. The lowest BCUT2D eigenvalue weighted by molar-refractivity contribution is -0.200. The summed E-state index contributed by atoms with van der Waals surface area (Å²) in [5.74, 6) is -1.16. The number of nitrogens with zero attached hydrogens (tertiary/aromatic N) is 1. The molecule has 0 unspecified atom stereocenters. The standard InChI is InChI=1S/C18H31NO5/c1-16(2)8-10(20)7-11-14-15(24-18(5,6)23-14)13(19(11)16)12-9-21-17(3,4)22-12/h10-15,20H,7-9H2,1-6H3/t10-,11-,12-,13+,14-,15+/m1/s1. The molecule has 1 N–H and O–H groups in total. The second kappa shape index (κ2) is 5.15. The predicted octanol–water partition coefficient (Wildman–Crippen LogP) is 1.64. The third kappa shape index (κ3) is 2.63. The maximum Gasteiger partial charge on any atom is 0.163 e. The molecule has 0 aromatic rings. The molecule has 24 heavy (non-hydrogen) atoms. The molecule has 4 aliphatic rings. The van der Waals surface area contributed by atoms with Crippen molar-refractivity contribution in [1.82, 2.24) is 4.90 Å². The topological polar surface area (TPSA) is 60.4 Å². The Hall–Kier alpha value is -0.240. The lowest BCUT2D eigenvalue weighted by Crippen LogP contribution is -2.62. The molecule has 0 saturated carbocycles. The van der Waals surface area contributed by atoms with Crippen LogP contribution in [-0.4, -0.2) is 70.2 Å². The summed E-state index contributed by atoms with van der Waals surface area (Å²) in [6, 6.07) is 0.221. The van der Waals surface area contributed by atoms with E-state index in [-0.39, 0.29) is 42.0 Å². The van der Waals surface area contributed by atoms with E-state index in [1.165, 1.54) is 0 Å². The molecule has 0 aromatic heterocycles. The Morgan fingerprint density at radius 3 is 2.21 bits per heavy atom. The van der Waals surface area contributed by atoms with E-state index in [1.54, 1.807) is 0 Å². The quantitative estimate of drug-likeness (QED) is 0.782. The molecule has 4 fully saturated rings. The predicted molar refractivity (Wildman–Crippen MR) is 87.5 cm³/mol. The van der Waals surface area contributed by atoms with Crippen LogP contribution in [-0.2, 0) is 18.9 Å². The number of ether oxygens (including phenoxy) is 4. The van der Waals surface area contributed by atoms with E-state index >= 15 is 0 Å². The van der Waals surface area contributed by atoms with Gasteiger partial charge in [-0.2, -0.15) is 0 Å². The Morgan fingerprint density at radius 1 is 0.917 bits per heavy atom. The molecule has 6 atom stereocenters. The van der Waals surface area contributed by atoms with E-state index in [0.717, 1.165) is 12.8 Å². The van der Waals surface area contributed by atoms with Crippen molar-refractivity contribution in [2.24, 2.45) is 0 Å². The van der Waals surface area contributed by atoms with Crippen molar-refractivity contribution in [3.05, 3.63) is 0 Å². The minimum absolute atomic E-state index is 0.0356. The zero-order chi connectivity index (χ0) is 17.5. The first-order valence-electron chi connectivity index (χ1n) is 9.13. The van der Waals surface area contributed by atoms with Gasteiger partial charge < -0.3 is 24.1 Å². The zero-order valence-electron chi connectivity index (χ0n) is 15.6. The Balaban J connectivity index is 1.70. The highest BCUT2D eigenvalue weighted by Crippen LogP contribution is 2.50. The molecule has 138 valence electrons. The van der Waals surface area contributed by atoms with Gasteiger partial charge in [0.2, 0.25) is 0 Å². The largest absolute Gasteiger partial charge is 0.393 e. The summed E-state index contributed by atoms with van der Waals surface area (Å²) in [4.78, 5) is 2.49. The summed E-state index contributed by atoms with van der Waals surface area (Å²) in [6.07, 6.45) is 1.02. The van der Waals surface area contributed by atoms with Gasteiger partial charge in [0.15, 0.2) is 11.6 Å². The number of aliphatic hydroxyl groups excluding tert-OH is 1. The van der Waals surface area contributed by atoms with Crippen LogP contribution in [0.5, 0.6) is 0 Å². The first kappa shape index (κ1) is 17.2. The van der Waals surface area contributed by atoms with E-state index < -0.39 is 11.6 Å². The number of fused-ring (bicyclic) bond motifs is 3. The molecule has 6 nitrogen and oxygen atoms in total. The first-order chi connectivity index (χ1) is 11.0. The summed E-state index contributed by atoms with van der Waals surface area (Å²) in [5, 5.41) is 10.4. The van der Waals surface area contributed by atoms with Gasteiger partial charge in [-0.05, 0) is 54.4 Å². The van der Waals surface area contributed by atoms with Crippen LogP contribution in [0.15, 0.2) is 0 Å². The van der Waals surface area contributed by atoms with Crippen molar-refractivity contribution in [1.29, 1.82) is 0 Å². The molecule has 0 radical (unpaired) electrons. The maximum atomic E-state index is 10.4. The second-order valence-corrected chi connectivity index (χ2v) is 9.30. The lowest BCUT2D eigenvalue weighted by atomic mass is 9.84. The average Bonchev–Trinajstić information content (AvgIpc) is 2.98. The average molecular weight is 341 g/mol. The lowest BCUT2D eigenvalue weighted by Gasteiger charge is -2.50. The van der Waals surface area contributed by atoms with Crippen LogP contribution in [0.1, 0.15) is 54.4 Å². The second-order valence-electron chi connectivity index (χ2n) is 9.30.